The minimum Gasteiger partial charge on any atom is -0.372 e. The van der Waals surface area contributed by atoms with Crippen molar-refractivity contribution in [1.29, 1.82) is 0 Å². The highest BCUT2D eigenvalue weighted by Crippen LogP contribution is 2.12. The minimum atomic E-state index is -0.844. The molecule has 1 aromatic rings. The monoisotopic (exact) mass is 366 g/mol. The molecule has 0 heterocycles. The second-order valence-electron chi connectivity index (χ2n) is 6.86. The Morgan fingerprint density at radius 3 is 2.36 bits per heavy atom. The van der Waals surface area contributed by atoms with Gasteiger partial charge in [0, 0.05) is 60.2 Å². The summed E-state index contributed by atoms with van der Waals surface area (Å²) in [5, 5.41) is 6.56. The van der Waals surface area contributed by atoms with Gasteiger partial charge in [-0.15, -0.1) is 0 Å². The lowest BCUT2D eigenvalue weighted by Gasteiger charge is -2.23. The average molecular weight is 367 g/mol. The summed E-state index contributed by atoms with van der Waals surface area (Å²) in [6.45, 7) is 11.7. The summed E-state index contributed by atoms with van der Waals surface area (Å²) < 4.78 is 11.9. The van der Waals surface area contributed by atoms with Gasteiger partial charge < -0.3 is 15.5 Å². The molecule has 5 nitrogen and oxygen atoms in total. The lowest BCUT2D eigenvalue weighted by Crippen LogP contribution is -2.41. The molecule has 0 aliphatic rings. The van der Waals surface area contributed by atoms with Crippen molar-refractivity contribution in [3.05, 3.63) is 30.3 Å². The van der Waals surface area contributed by atoms with E-state index >= 15 is 0 Å². The van der Waals surface area contributed by atoms with Gasteiger partial charge in [0.25, 0.3) is 0 Å². The normalized spacial score (nSPS) is 13.4. The summed E-state index contributed by atoms with van der Waals surface area (Å²) in [5.41, 5.74) is 1.26. The second kappa shape index (κ2) is 11.1. The van der Waals surface area contributed by atoms with Crippen LogP contribution in [0.25, 0.3) is 0 Å². The van der Waals surface area contributed by atoms with E-state index in [1.165, 1.54) is 5.69 Å². The largest absolute Gasteiger partial charge is 0.372 e. The first-order valence-corrected chi connectivity index (χ1v) is 10.3. The average Bonchev–Trinajstić information content (AvgIpc) is 2.60. The molecule has 0 aliphatic carbocycles. The zero-order valence-electron chi connectivity index (χ0n) is 16.3. The predicted molar refractivity (Wildman–Crippen MR) is 111 cm³/mol. The molecule has 0 bridgehead atoms. The van der Waals surface area contributed by atoms with E-state index in [1.807, 2.05) is 26.8 Å². The summed E-state index contributed by atoms with van der Waals surface area (Å²) in [5.74, 6) is 1.40. The topological polar surface area (TPSA) is 56.7 Å². The zero-order valence-corrected chi connectivity index (χ0v) is 17.2. The van der Waals surface area contributed by atoms with Crippen molar-refractivity contribution in [3.8, 4) is 0 Å². The molecular formula is C19H34N4OS. The molecule has 0 radical (unpaired) electrons. The molecule has 25 heavy (non-hydrogen) atoms. The van der Waals surface area contributed by atoms with E-state index in [-0.39, 0.29) is 4.75 Å². The summed E-state index contributed by atoms with van der Waals surface area (Å²) in [6.07, 6.45) is 1.03. The van der Waals surface area contributed by atoms with Crippen molar-refractivity contribution in [3.63, 3.8) is 0 Å². The number of hydrogen-bond acceptors (Lipinski definition) is 3. The van der Waals surface area contributed by atoms with Gasteiger partial charge in [-0.1, -0.05) is 18.2 Å². The zero-order chi connectivity index (χ0) is 18.7. The van der Waals surface area contributed by atoms with Gasteiger partial charge in [-0.25, -0.2) is 0 Å². The number of hydrogen-bond donors (Lipinski definition) is 2. The maximum atomic E-state index is 12.0. The Hall–Kier alpha value is -1.56. The van der Waals surface area contributed by atoms with Crippen LogP contribution in [0.15, 0.2) is 35.3 Å². The van der Waals surface area contributed by atoms with Crippen LogP contribution in [-0.4, -0.2) is 53.9 Å². The van der Waals surface area contributed by atoms with Crippen molar-refractivity contribution in [1.82, 2.24) is 10.6 Å². The van der Waals surface area contributed by atoms with E-state index < -0.39 is 10.8 Å². The highest BCUT2D eigenvalue weighted by atomic mass is 32.2. The minimum absolute atomic E-state index is 0.167. The van der Waals surface area contributed by atoms with E-state index in [2.05, 4.69) is 51.7 Å². The van der Waals surface area contributed by atoms with Crippen LogP contribution in [0.2, 0.25) is 0 Å². The van der Waals surface area contributed by atoms with Crippen LogP contribution in [0.4, 0.5) is 5.69 Å². The van der Waals surface area contributed by atoms with E-state index in [4.69, 9.17) is 0 Å². The van der Waals surface area contributed by atoms with Gasteiger partial charge in [0.15, 0.2) is 5.96 Å². The number of aliphatic imine (C=N–C) groups is 1. The van der Waals surface area contributed by atoms with Gasteiger partial charge in [0.1, 0.15) is 0 Å². The molecule has 6 heteroatoms. The number of nitrogens with zero attached hydrogens (tertiary/aromatic N) is 2. The Morgan fingerprint density at radius 1 is 1.16 bits per heavy atom. The molecule has 0 amide bonds. The van der Waals surface area contributed by atoms with Crippen LogP contribution in [0.5, 0.6) is 0 Å². The molecule has 142 valence electrons. The third kappa shape index (κ3) is 8.38. The predicted octanol–water partition coefficient (Wildman–Crippen LogP) is 2.62. The summed E-state index contributed by atoms with van der Waals surface area (Å²) in [4.78, 5) is 6.59. The van der Waals surface area contributed by atoms with Crippen LogP contribution < -0.4 is 15.5 Å². The summed E-state index contributed by atoms with van der Waals surface area (Å²) >= 11 is 0. The number of anilines is 1. The van der Waals surface area contributed by atoms with E-state index in [0.29, 0.717) is 12.3 Å². The maximum absolute atomic E-state index is 12.0. The lowest BCUT2D eigenvalue weighted by atomic mass is 10.2. The van der Waals surface area contributed by atoms with Gasteiger partial charge in [-0.05, 0) is 46.2 Å². The molecule has 1 aromatic carbocycles. The van der Waals surface area contributed by atoms with E-state index in [9.17, 15) is 4.21 Å². The molecule has 0 saturated carbocycles. The third-order valence-electron chi connectivity index (χ3n) is 3.89. The SMILES string of the molecule is CCN(CCCNC(=NC)NCCS(=O)C(C)(C)C)c1ccccc1. The van der Waals surface area contributed by atoms with Gasteiger partial charge in [0.05, 0.1) is 0 Å². The highest BCUT2D eigenvalue weighted by Gasteiger charge is 2.18. The smallest absolute Gasteiger partial charge is 0.191 e. The molecule has 1 atom stereocenters. The van der Waals surface area contributed by atoms with Crippen LogP contribution in [0, 0.1) is 0 Å². The van der Waals surface area contributed by atoms with E-state index in [0.717, 1.165) is 32.0 Å². The Morgan fingerprint density at radius 2 is 1.80 bits per heavy atom. The van der Waals surface area contributed by atoms with Crippen molar-refractivity contribution in [2.45, 2.75) is 38.9 Å². The fourth-order valence-corrected chi connectivity index (χ4v) is 3.27. The lowest BCUT2D eigenvalue weighted by molar-refractivity contribution is 0.646. The molecule has 1 rings (SSSR count). The molecule has 0 saturated heterocycles. The van der Waals surface area contributed by atoms with Gasteiger partial charge >= 0.3 is 0 Å². The molecular weight excluding hydrogens is 332 g/mol. The molecule has 0 spiro atoms. The van der Waals surface area contributed by atoms with Crippen molar-refractivity contribution < 1.29 is 4.21 Å². The number of nitrogens with one attached hydrogen (secondary N) is 2. The quantitative estimate of drug-likeness (QED) is 0.401. The van der Waals surface area contributed by atoms with E-state index in [1.54, 1.807) is 7.05 Å². The van der Waals surface area contributed by atoms with Crippen LogP contribution in [-0.2, 0) is 10.8 Å². The first kappa shape index (κ1) is 21.5. The number of para-hydroxylation sites is 1. The fraction of sp³-hybridized carbons (Fsp3) is 0.632. The Balaban J connectivity index is 2.28. The summed E-state index contributed by atoms with van der Waals surface area (Å²) in [6, 6.07) is 10.5. The molecule has 0 aliphatic heterocycles. The molecule has 2 N–H and O–H groups in total. The first-order chi connectivity index (χ1) is 11.9. The molecule has 1 unspecified atom stereocenters. The standard InChI is InChI=1S/C19H34N4OS/c1-6-23(17-11-8-7-9-12-17)15-10-13-21-18(20-5)22-14-16-25(24)19(2,3)4/h7-9,11-12H,6,10,13-16H2,1-5H3,(H2,20,21,22). The van der Waals surface area contributed by atoms with Crippen molar-refractivity contribution >= 4 is 22.4 Å². The van der Waals surface area contributed by atoms with Gasteiger partial charge in [-0.3, -0.25) is 9.20 Å². The Labute approximate surface area is 155 Å². The van der Waals surface area contributed by atoms with Crippen molar-refractivity contribution in [2.24, 2.45) is 4.99 Å². The molecule has 0 fully saturated rings. The number of guanidine groups is 1. The molecule has 0 aromatic heterocycles. The first-order valence-electron chi connectivity index (χ1n) is 9.01. The Bertz CT molecular complexity index is 540. The second-order valence-corrected chi connectivity index (χ2v) is 9.18. The fourth-order valence-electron chi connectivity index (χ4n) is 2.37. The third-order valence-corrected chi connectivity index (χ3v) is 5.83. The highest BCUT2D eigenvalue weighted by molar-refractivity contribution is 7.86. The van der Waals surface area contributed by atoms with Gasteiger partial charge in [0.2, 0.25) is 0 Å². The number of benzene rings is 1. The van der Waals surface area contributed by atoms with Crippen molar-refractivity contribution in [2.75, 3.05) is 43.9 Å². The van der Waals surface area contributed by atoms with Gasteiger partial charge in [-0.2, -0.15) is 0 Å². The van der Waals surface area contributed by atoms with Crippen LogP contribution >= 0.6 is 0 Å². The maximum Gasteiger partial charge on any atom is 0.191 e. The summed E-state index contributed by atoms with van der Waals surface area (Å²) in [7, 11) is 0.919. The Kier molecular flexibility index (Phi) is 9.57. The number of rotatable bonds is 9. The van der Waals surface area contributed by atoms with Crippen LogP contribution in [0.1, 0.15) is 34.1 Å². The van der Waals surface area contributed by atoms with Crippen LogP contribution in [0.3, 0.4) is 0 Å².